The summed E-state index contributed by atoms with van der Waals surface area (Å²) in [6.45, 7) is 8.17. The van der Waals surface area contributed by atoms with E-state index in [1.54, 1.807) is 20.3 Å². The summed E-state index contributed by atoms with van der Waals surface area (Å²) in [5, 5.41) is 0. The lowest BCUT2D eigenvalue weighted by atomic mass is 10.1. The third kappa shape index (κ3) is 5.66. The Bertz CT molecular complexity index is 1020. The summed E-state index contributed by atoms with van der Waals surface area (Å²) in [5.74, 6) is 1.33. The number of allylic oxidation sites excluding steroid dienone is 1. The number of carbonyl (C=O) groups excluding carboxylic acids is 1. The molecular formula is C28H37BrN2O3. The average molecular weight is 530 g/mol. The third-order valence-electron chi connectivity index (χ3n) is 7.25. The first-order valence-electron chi connectivity index (χ1n) is 12.1. The number of piperazine rings is 1. The Morgan fingerprint density at radius 2 is 1.65 bits per heavy atom. The van der Waals surface area contributed by atoms with Crippen molar-refractivity contribution in [3.05, 3.63) is 58.7 Å². The molecule has 0 radical (unpaired) electrons. The van der Waals surface area contributed by atoms with Crippen molar-refractivity contribution in [3.63, 3.8) is 0 Å². The Morgan fingerprint density at radius 1 is 1.00 bits per heavy atom. The van der Waals surface area contributed by atoms with Crippen LogP contribution in [0.15, 0.2) is 42.0 Å². The van der Waals surface area contributed by atoms with Crippen LogP contribution in [-0.4, -0.2) is 64.3 Å². The van der Waals surface area contributed by atoms with Crippen LogP contribution in [0.2, 0.25) is 0 Å². The van der Waals surface area contributed by atoms with E-state index >= 15 is 0 Å². The number of hydrogen-bond acceptors (Lipinski definition) is 4. The summed E-state index contributed by atoms with van der Waals surface area (Å²) in [6, 6.07) is 12.4. The van der Waals surface area contributed by atoms with Gasteiger partial charge in [0.2, 0.25) is 0 Å². The minimum absolute atomic E-state index is 0. The smallest absolute Gasteiger partial charge is 0.189 e. The number of unbranched alkanes of at least 4 members (excludes halogenated alkanes) is 2. The van der Waals surface area contributed by atoms with Crippen molar-refractivity contribution < 1.29 is 35.7 Å². The van der Waals surface area contributed by atoms with Gasteiger partial charge in [-0.15, -0.1) is 0 Å². The second-order valence-electron chi connectivity index (χ2n) is 9.62. The fourth-order valence-corrected chi connectivity index (χ4v) is 5.01. The summed E-state index contributed by atoms with van der Waals surface area (Å²) in [6.07, 6.45) is 6.59. The molecular weight excluding hydrogens is 492 g/mol. The van der Waals surface area contributed by atoms with Gasteiger partial charge in [0, 0.05) is 23.2 Å². The largest absolute Gasteiger partial charge is 1.00 e. The van der Waals surface area contributed by atoms with Crippen LogP contribution in [0.4, 0.5) is 5.69 Å². The van der Waals surface area contributed by atoms with Crippen molar-refractivity contribution in [1.29, 1.82) is 0 Å². The normalized spacial score (nSPS) is 17.9. The molecule has 0 bridgehead atoms. The molecule has 0 amide bonds. The lowest BCUT2D eigenvalue weighted by Gasteiger charge is -2.43. The minimum Gasteiger partial charge on any atom is -1.00 e. The van der Waals surface area contributed by atoms with Gasteiger partial charge in [-0.3, -0.25) is 4.79 Å². The van der Waals surface area contributed by atoms with Gasteiger partial charge in [0.25, 0.3) is 0 Å². The van der Waals surface area contributed by atoms with Crippen molar-refractivity contribution in [2.24, 2.45) is 0 Å². The van der Waals surface area contributed by atoms with Gasteiger partial charge in [-0.2, -0.15) is 0 Å². The van der Waals surface area contributed by atoms with E-state index in [1.165, 1.54) is 49.1 Å². The number of Topliss-reactive ketones (excluding diaryl/α,β-unsaturated/α-hetero) is 1. The summed E-state index contributed by atoms with van der Waals surface area (Å²) >= 11 is 0. The molecule has 0 aromatic heterocycles. The molecule has 0 atom stereocenters. The summed E-state index contributed by atoms with van der Waals surface area (Å²) < 4.78 is 12.0. The highest BCUT2D eigenvalue weighted by molar-refractivity contribution is 6.15. The minimum atomic E-state index is 0. The summed E-state index contributed by atoms with van der Waals surface area (Å²) in [5.41, 5.74) is 4.85. The zero-order valence-corrected chi connectivity index (χ0v) is 22.5. The average Bonchev–Trinajstić information content (AvgIpc) is 3.13. The van der Waals surface area contributed by atoms with E-state index < -0.39 is 0 Å². The maximum absolute atomic E-state index is 13.0. The van der Waals surface area contributed by atoms with Crippen molar-refractivity contribution in [2.45, 2.75) is 32.6 Å². The number of ketones is 1. The van der Waals surface area contributed by atoms with Crippen LogP contribution in [0.3, 0.4) is 0 Å². The first-order chi connectivity index (χ1) is 16.0. The number of methoxy groups -OCH3 is 2. The molecule has 1 heterocycles. The van der Waals surface area contributed by atoms with Crippen LogP contribution in [-0.2, 0) is 6.42 Å². The molecule has 1 saturated heterocycles. The summed E-state index contributed by atoms with van der Waals surface area (Å²) in [4.78, 5) is 15.5. The molecule has 2 aromatic carbocycles. The number of carbonyl (C=O) groups is 1. The van der Waals surface area contributed by atoms with Gasteiger partial charge in [-0.05, 0) is 54.3 Å². The predicted molar refractivity (Wildman–Crippen MR) is 135 cm³/mol. The molecule has 2 aliphatic rings. The Hall–Kier alpha value is -2.31. The number of benzene rings is 2. The number of fused-ring (bicyclic) bond motifs is 1. The maximum atomic E-state index is 13.0. The van der Waals surface area contributed by atoms with E-state index in [0.29, 0.717) is 23.5 Å². The van der Waals surface area contributed by atoms with Gasteiger partial charge in [0.15, 0.2) is 17.3 Å². The zero-order chi connectivity index (χ0) is 23.4. The van der Waals surface area contributed by atoms with Gasteiger partial charge < -0.3 is 35.8 Å². The predicted octanol–water partition coefficient (Wildman–Crippen LogP) is 1.99. The lowest BCUT2D eigenvalue weighted by Crippen LogP contribution is -3.00. The molecule has 1 aliphatic heterocycles. The molecule has 2 aromatic rings. The molecule has 1 fully saturated rings. The highest BCUT2D eigenvalue weighted by atomic mass is 79.9. The topological polar surface area (TPSA) is 38.8 Å². The second kappa shape index (κ2) is 11.4. The quantitative estimate of drug-likeness (QED) is 0.298. The van der Waals surface area contributed by atoms with Gasteiger partial charge in [-0.25, -0.2) is 0 Å². The van der Waals surface area contributed by atoms with Crippen molar-refractivity contribution in [3.8, 4) is 11.5 Å². The van der Waals surface area contributed by atoms with E-state index in [0.717, 1.165) is 29.8 Å². The molecule has 0 saturated carbocycles. The van der Waals surface area contributed by atoms with Gasteiger partial charge in [-0.1, -0.05) is 25.5 Å². The van der Waals surface area contributed by atoms with Crippen molar-refractivity contribution in [1.82, 2.24) is 0 Å². The highest BCUT2D eigenvalue weighted by Crippen LogP contribution is 2.37. The molecule has 6 heteroatoms. The number of likely N-dealkylation sites (N-methyl/N-ethyl adjacent to an activating group) is 1. The molecule has 1 aliphatic carbocycles. The van der Waals surface area contributed by atoms with Crippen molar-refractivity contribution >= 4 is 17.5 Å². The maximum Gasteiger partial charge on any atom is 0.189 e. The standard InChI is InChI=1S/C28H37N2O3.BrH/c1-5-6-7-14-30(2)15-12-29(13-16-30)24-10-8-21(9-11-24)17-23-18-22-19-26(32-3)27(33-4)20-25(22)28(23)31;/h8-11,17,19-20H,5-7,12-16,18H2,1-4H3;1H/q+1;/p-1/b23-17+;. The van der Waals surface area contributed by atoms with Crippen LogP contribution in [0.1, 0.15) is 47.7 Å². The molecule has 0 unspecified atom stereocenters. The van der Waals surface area contributed by atoms with Crippen LogP contribution in [0.5, 0.6) is 11.5 Å². The molecule has 184 valence electrons. The van der Waals surface area contributed by atoms with Crippen LogP contribution < -0.4 is 31.4 Å². The number of quaternary nitrogens is 1. The van der Waals surface area contributed by atoms with Crippen LogP contribution in [0.25, 0.3) is 6.08 Å². The first-order valence-corrected chi connectivity index (χ1v) is 12.1. The van der Waals surface area contributed by atoms with Crippen molar-refractivity contribution in [2.75, 3.05) is 58.9 Å². The number of nitrogens with zero attached hydrogens (tertiary/aromatic N) is 2. The molecule has 0 spiro atoms. The molecule has 4 rings (SSSR count). The van der Waals surface area contributed by atoms with Gasteiger partial charge in [0.05, 0.1) is 54.0 Å². The SMILES string of the molecule is CCCCC[N+]1(C)CCN(c2ccc(/C=C3\Cc4cc(OC)c(OC)cc4C3=O)cc2)CC1.[Br-]. The Morgan fingerprint density at radius 3 is 2.26 bits per heavy atom. The van der Waals surface area contributed by atoms with Crippen LogP contribution >= 0.6 is 0 Å². The highest BCUT2D eigenvalue weighted by Gasteiger charge is 2.29. The zero-order valence-electron chi connectivity index (χ0n) is 20.9. The van der Waals surface area contributed by atoms with E-state index in [4.69, 9.17) is 9.47 Å². The van der Waals surface area contributed by atoms with E-state index in [-0.39, 0.29) is 22.8 Å². The van der Waals surface area contributed by atoms with E-state index in [2.05, 4.69) is 43.1 Å². The Kier molecular flexibility index (Phi) is 8.83. The monoisotopic (exact) mass is 528 g/mol. The number of hydrogen-bond donors (Lipinski definition) is 0. The third-order valence-corrected chi connectivity index (χ3v) is 7.25. The number of rotatable bonds is 8. The van der Waals surface area contributed by atoms with Crippen LogP contribution in [0, 0.1) is 0 Å². The Balaban J connectivity index is 0.00000324. The van der Waals surface area contributed by atoms with E-state index in [9.17, 15) is 4.79 Å². The molecule has 5 nitrogen and oxygen atoms in total. The van der Waals surface area contributed by atoms with Gasteiger partial charge >= 0.3 is 0 Å². The molecule has 0 N–H and O–H groups in total. The fourth-order valence-electron chi connectivity index (χ4n) is 5.01. The lowest BCUT2D eigenvalue weighted by molar-refractivity contribution is -0.910. The Labute approximate surface area is 214 Å². The first kappa shape index (κ1) is 26.3. The molecule has 34 heavy (non-hydrogen) atoms. The number of halogens is 1. The van der Waals surface area contributed by atoms with Gasteiger partial charge in [0.1, 0.15) is 0 Å². The van der Waals surface area contributed by atoms with E-state index in [1.807, 2.05) is 12.1 Å². The number of anilines is 1. The fraction of sp³-hybridized carbons (Fsp3) is 0.464. The number of ether oxygens (including phenoxy) is 2. The summed E-state index contributed by atoms with van der Waals surface area (Å²) in [7, 11) is 5.62. The second-order valence-corrected chi connectivity index (χ2v) is 9.62.